The van der Waals surface area contributed by atoms with Crippen LogP contribution in [0.3, 0.4) is 0 Å². The van der Waals surface area contributed by atoms with Crippen LogP contribution in [0.25, 0.3) is 0 Å². The molecule has 1 aromatic rings. The Bertz CT molecular complexity index is 438. The molecule has 104 valence electrons. The maximum Gasteiger partial charge on any atom is 0.225 e. The molecule has 3 heterocycles. The third-order valence-corrected chi connectivity index (χ3v) is 4.15. The lowest BCUT2D eigenvalue weighted by molar-refractivity contribution is -0.129. The highest BCUT2D eigenvalue weighted by molar-refractivity contribution is 5.78. The summed E-state index contributed by atoms with van der Waals surface area (Å²) in [7, 11) is 0. The van der Waals surface area contributed by atoms with Gasteiger partial charge in [-0.2, -0.15) is 0 Å². The van der Waals surface area contributed by atoms with Gasteiger partial charge in [-0.25, -0.2) is 4.98 Å². The van der Waals surface area contributed by atoms with Crippen LogP contribution in [0, 0.1) is 11.8 Å². The number of imidazole rings is 1. The van der Waals surface area contributed by atoms with Crippen molar-refractivity contribution in [1.82, 2.24) is 14.9 Å². The third kappa shape index (κ3) is 2.97. The van der Waals surface area contributed by atoms with E-state index in [4.69, 9.17) is 4.74 Å². The number of hydrogen-bond acceptors (Lipinski definition) is 3. The van der Waals surface area contributed by atoms with Crippen LogP contribution >= 0.6 is 0 Å². The van der Waals surface area contributed by atoms with E-state index in [9.17, 15) is 4.79 Å². The van der Waals surface area contributed by atoms with E-state index in [1.54, 1.807) is 0 Å². The first-order valence-electron chi connectivity index (χ1n) is 7.18. The molecule has 0 spiro atoms. The lowest BCUT2D eigenvalue weighted by Crippen LogP contribution is -2.39. The quantitative estimate of drug-likeness (QED) is 0.884. The normalized spacial score (nSPS) is 26.7. The molecule has 1 amide bonds. The van der Waals surface area contributed by atoms with Crippen LogP contribution in [0.4, 0.5) is 0 Å². The van der Waals surface area contributed by atoms with E-state index >= 15 is 0 Å². The van der Waals surface area contributed by atoms with E-state index < -0.39 is 0 Å². The molecule has 2 aliphatic heterocycles. The van der Waals surface area contributed by atoms with E-state index in [1.807, 2.05) is 12.4 Å². The molecule has 0 bridgehead atoms. The second kappa shape index (κ2) is 5.74. The molecule has 1 fully saturated rings. The van der Waals surface area contributed by atoms with Gasteiger partial charge in [0.25, 0.3) is 0 Å². The molecule has 0 unspecified atom stereocenters. The summed E-state index contributed by atoms with van der Waals surface area (Å²) in [6.45, 7) is 3.17. The summed E-state index contributed by atoms with van der Waals surface area (Å²) in [5.74, 6) is 1.88. The molecule has 5 nitrogen and oxygen atoms in total. The summed E-state index contributed by atoms with van der Waals surface area (Å²) >= 11 is 0. The van der Waals surface area contributed by atoms with E-state index in [0.717, 1.165) is 51.2 Å². The number of amides is 1. The Morgan fingerprint density at radius 2 is 2.47 bits per heavy atom. The maximum atomic E-state index is 12.0. The van der Waals surface area contributed by atoms with Gasteiger partial charge < -0.3 is 14.6 Å². The predicted octanol–water partition coefficient (Wildman–Crippen LogP) is 0.988. The number of carbonyl (C=O) groups excluding carboxylic acids is 1. The SMILES string of the molecule is O=C(NC[C@@H]1CCn2ccnc2C1)[C@H]1CCCOC1. The fraction of sp³-hybridized carbons (Fsp3) is 0.714. The summed E-state index contributed by atoms with van der Waals surface area (Å²) in [6.07, 6.45) is 7.93. The van der Waals surface area contributed by atoms with Gasteiger partial charge in [0.2, 0.25) is 5.91 Å². The zero-order chi connectivity index (χ0) is 13.1. The van der Waals surface area contributed by atoms with Gasteiger partial charge in [0.1, 0.15) is 5.82 Å². The topological polar surface area (TPSA) is 56.2 Å². The van der Waals surface area contributed by atoms with Crippen molar-refractivity contribution in [3.63, 3.8) is 0 Å². The van der Waals surface area contributed by atoms with E-state index in [-0.39, 0.29) is 11.8 Å². The molecule has 1 N–H and O–H groups in total. The van der Waals surface area contributed by atoms with Gasteiger partial charge in [0, 0.05) is 38.5 Å². The number of nitrogens with one attached hydrogen (secondary N) is 1. The van der Waals surface area contributed by atoms with E-state index in [2.05, 4.69) is 14.9 Å². The van der Waals surface area contributed by atoms with Gasteiger partial charge in [0.05, 0.1) is 12.5 Å². The van der Waals surface area contributed by atoms with E-state index in [1.165, 1.54) is 0 Å². The molecule has 1 saturated heterocycles. The lowest BCUT2D eigenvalue weighted by atomic mass is 9.96. The zero-order valence-electron chi connectivity index (χ0n) is 11.2. The number of aryl methyl sites for hydroxylation is 1. The van der Waals surface area contributed by atoms with Gasteiger partial charge in [0.15, 0.2) is 0 Å². The molecule has 0 aliphatic carbocycles. The largest absolute Gasteiger partial charge is 0.381 e. The molecule has 0 saturated carbocycles. The fourth-order valence-corrected chi connectivity index (χ4v) is 2.93. The molecule has 5 heteroatoms. The number of aromatic nitrogens is 2. The Morgan fingerprint density at radius 3 is 3.32 bits per heavy atom. The molecule has 2 atom stereocenters. The highest BCUT2D eigenvalue weighted by atomic mass is 16.5. The average Bonchev–Trinajstić information content (AvgIpc) is 2.93. The molecule has 0 aromatic carbocycles. The first kappa shape index (κ1) is 12.7. The minimum absolute atomic E-state index is 0.0549. The van der Waals surface area contributed by atoms with Crippen LogP contribution in [-0.2, 0) is 22.5 Å². The summed E-state index contributed by atoms with van der Waals surface area (Å²) in [6, 6.07) is 0. The Balaban J connectivity index is 1.46. The van der Waals surface area contributed by atoms with Gasteiger partial charge in [-0.1, -0.05) is 0 Å². The number of nitrogens with zero attached hydrogens (tertiary/aromatic N) is 2. The standard InChI is InChI=1S/C14H21N3O2/c18-14(12-2-1-7-19-10-12)16-9-11-3-5-17-6-4-15-13(17)8-11/h4,6,11-12H,1-3,5,7-10H2,(H,16,18)/t11-,12+/m1/s1. The molecule has 1 aromatic heterocycles. The van der Waals surface area contributed by atoms with Crippen molar-refractivity contribution in [2.45, 2.75) is 32.2 Å². The molecule has 0 radical (unpaired) electrons. The van der Waals surface area contributed by atoms with Crippen LogP contribution < -0.4 is 5.32 Å². The summed E-state index contributed by atoms with van der Waals surface area (Å²) in [5.41, 5.74) is 0. The van der Waals surface area contributed by atoms with Crippen molar-refractivity contribution in [3.05, 3.63) is 18.2 Å². The fourth-order valence-electron chi connectivity index (χ4n) is 2.93. The number of hydrogen-bond donors (Lipinski definition) is 1. The average molecular weight is 263 g/mol. The number of rotatable bonds is 3. The third-order valence-electron chi connectivity index (χ3n) is 4.15. The van der Waals surface area contributed by atoms with Crippen LogP contribution in [0.2, 0.25) is 0 Å². The lowest BCUT2D eigenvalue weighted by Gasteiger charge is -2.25. The minimum atomic E-state index is 0.0549. The van der Waals surface area contributed by atoms with E-state index in [0.29, 0.717) is 12.5 Å². The number of fused-ring (bicyclic) bond motifs is 1. The van der Waals surface area contributed by atoms with Crippen LogP contribution in [0.1, 0.15) is 25.1 Å². The summed E-state index contributed by atoms with van der Waals surface area (Å²) in [5, 5.41) is 3.09. The van der Waals surface area contributed by atoms with Crippen molar-refractivity contribution >= 4 is 5.91 Å². The van der Waals surface area contributed by atoms with Crippen molar-refractivity contribution in [2.24, 2.45) is 11.8 Å². The van der Waals surface area contributed by atoms with Crippen LogP contribution in [0.5, 0.6) is 0 Å². The molecule has 3 rings (SSSR count). The highest BCUT2D eigenvalue weighted by Gasteiger charge is 2.24. The van der Waals surface area contributed by atoms with Gasteiger partial charge in [-0.05, 0) is 25.2 Å². The molecule has 19 heavy (non-hydrogen) atoms. The van der Waals surface area contributed by atoms with Crippen molar-refractivity contribution in [1.29, 1.82) is 0 Å². The smallest absolute Gasteiger partial charge is 0.225 e. The Labute approximate surface area is 113 Å². The maximum absolute atomic E-state index is 12.0. The molecule has 2 aliphatic rings. The monoisotopic (exact) mass is 263 g/mol. The van der Waals surface area contributed by atoms with Crippen molar-refractivity contribution in [3.8, 4) is 0 Å². The first-order valence-corrected chi connectivity index (χ1v) is 7.18. The van der Waals surface area contributed by atoms with Crippen molar-refractivity contribution in [2.75, 3.05) is 19.8 Å². The van der Waals surface area contributed by atoms with Gasteiger partial charge in [-0.3, -0.25) is 4.79 Å². The number of carbonyl (C=O) groups is 1. The van der Waals surface area contributed by atoms with Gasteiger partial charge in [-0.15, -0.1) is 0 Å². The van der Waals surface area contributed by atoms with Crippen molar-refractivity contribution < 1.29 is 9.53 Å². The summed E-state index contributed by atoms with van der Waals surface area (Å²) in [4.78, 5) is 16.4. The summed E-state index contributed by atoms with van der Waals surface area (Å²) < 4.78 is 7.56. The zero-order valence-corrected chi connectivity index (χ0v) is 11.2. The molecular weight excluding hydrogens is 242 g/mol. The second-order valence-electron chi connectivity index (χ2n) is 5.55. The predicted molar refractivity (Wildman–Crippen MR) is 70.6 cm³/mol. The first-order chi connectivity index (χ1) is 9.33. The van der Waals surface area contributed by atoms with Crippen LogP contribution in [0.15, 0.2) is 12.4 Å². The second-order valence-corrected chi connectivity index (χ2v) is 5.55. The number of ether oxygens (including phenoxy) is 1. The van der Waals surface area contributed by atoms with Gasteiger partial charge >= 0.3 is 0 Å². The molecular formula is C14H21N3O2. The Hall–Kier alpha value is -1.36. The highest BCUT2D eigenvalue weighted by Crippen LogP contribution is 2.19. The Kier molecular flexibility index (Phi) is 3.82. The minimum Gasteiger partial charge on any atom is -0.381 e. The van der Waals surface area contributed by atoms with Crippen LogP contribution in [-0.4, -0.2) is 35.2 Å². The Morgan fingerprint density at radius 1 is 1.53 bits per heavy atom.